The highest BCUT2D eigenvalue weighted by Crippen LogP contribution is 2.34. The molecule has 1 aromatic heterocycles. The summed E-state index contributed by atoms with van der Waals surface area (Å²) in [6.45, 7) is 3.67. The molecular weight excluding hydrogens is 414 g/mol. The first kappa shape index (κ1) is 21.7. The molecule has 0 bridgehead atoms. The zero-order valence-corrected chi connectivity index (χ0v) is 19.0. The van der Waals surface area contributed by atoms with E-state index >= 15 is 0 Å². The molecule has 0 aliphatic carbocycles. The summed E-state index contributed by atoms with van der Waals surface area (Å²) in [7, 11) is 0. The number of benzene rings is 2. The van der Waals surface area contributed by atoms with E-state index in [1.54, 1.807) is 0 Å². The van der Waals surface area contributed by atoms with Crippen LogP contribution in [0.3, 0.4) is 0 Å². The number of anilines is 1. The third-order valence-corrected chi connectivity index (χ3v) is 6.56. The van der Waals surface area contributed by atoms with Crippen LogP contribution in [0.2, 0.25) is 0 Å². The molecule has 2 aromatic carbocycles. The van der Waals surface area contributed by atoms with Crippen LogP contribution in [0.15, 0.2) is 65.2 Å². The van der Waals surface area contributed by atoms with Gasteiger partial charge in [-0.1, -0.05) is 53.7 Å². The number of rotatable bonds is 7. The average Bonchev–Trinajstić information content (AvgIpc) is 3.55. The summed E-state index contributed by atoms with van der Waals surface area (Å²) < 4.78 is 11.9. The van der Waals surface area contributed by atoms with Crippen molar-refractivity contribution in [1.82, 2.24) is 10.1 Å². The van der Waals surface area contributed by atoms with Gasteiger partial charge in [0.05, 0.1) is 18.2 Å². The molecule has 5 rings (SSSR count). The number of nitrogens with zero attached hydrogens (tertiary/aromatic N) is 3. The number of hydrogen-bond donors (Lipinski definition) is 0. The Labute approximate surface area is 195 Å². The van der Waals surface area contributed by atoms with E-state index in [1.165, 1.54) is 6.42 Å². The van der Waals surface area contributed by atoms with Gasteiger partial charge in [0.25, 0.3) is 5.91 Å². The maximum absolute atomic E-state index is 13.6. The molecule has 0 radical (unpaired) electrons. The Morgan fingerprint density at radius 3 is 2.39 bits per heavy atom. The normalized spacial score (nSPS) is 18.4. The topological polar surface area (TPSA) is 58.8 Å². The zero-order valence-electron chi connectivity index (χ0n) is 19.0. The SMILES string of the molecule is O=C(c1ccccc1)N(Cc1c(-c2ccccc2)noc1N1CCCCC1)C[C@@H]1CCCO1. The summed E-state index contributed by atoms with van der Waals surface area (Å²) in [5.74, 6) is 0.808. The molecule has 6 heteroatoms. The van der Waals surface area contributed by atoms with Crippen molar-refractivity contribution >= 4 is 11.8 Å². The van der Waals surface area contributed by atoms with Crippen LogP contribution in [-0.4, -0.2) is 48.3 Å². The third kappa shape index (κ3) is 4.96. The van der Waals surface area contributed by atoms with Crippen molar-refractivity contribution in [3.05, 3.63) is 71.8 Å². The van der Waals surface area contributed by atoms with Crippen LogP contribution in [0.1, 0.15) is 48.0 Å². The predicted molar refractivity (Wildman–Crippen MR) is 128 cm³/mol. The van der Waals surface area contributed by atoms with Crippen LogP contribution in [0.25, 0.3) is 11.3 Å². The van der Waals surface area contributed by atoms with E-state index < -0.39 is 0 Å². The maximum atomic E-state index is 13.6. The molecule has 1 amide bonds. The second-order valence-corrected chi connectivity index (χ2v) is 8.92. The van der Waals surface area contributed by atoms with Gasteiger partial charge in [-0.25, -0.2) is 0 Å². The molecule has 0 unspecified atom stereocenters. The van der Waals surface area contributed by atoms with Gasteiger partial charge in [-0.05, 0) is 44.2 Å². The molecule has 33 heavy (non-hydrogen) atoms. The molecule has 0 N–H and O–H groups in total. The second kappa shape index (κ2) is 10.2. The van der Waals surface area contributed by atoms with Crippen LogP contribution < -0.4 is 4.90 Å². The first-order valence-corrected chi connectivity index (χ1v) is 12.0. The number of piperidine rings is 1. The summed E-state index contributed by atoms with van der Waals surface area (Å²) in [6.07, 6.45) is 5.61. The Balaban J connectivity index is 1.51. The van der Waals surface area contributed by atoms with Crippen LogP contribution in [-0.2, 0) is 11.3 Å². The minimum absolute atomic E-state index is 0.0101. The van der Waals surface area contributed by atoms with Gasteiger partial charge in [0, 0.05) is 37.4 Å². The van der Waals surface area contributed by atoms with Crippen LogP contribution in [0, 0.1) is 0 Å². The van der Waals surface area contributed by atoms with Gasteiger partial charge in [-0.3, -0.25) is 4.79 Å². The Bertz CT molecular complexity index is 1040. The minimum atomic E-state index is 0.0101. The minimum Gasteiger partial charge on any atom is -0.376 e. The lowest BCUT2D eigenvalue weighted by molar-refractivity contribution is 0.0507. The smallest absolute Gasteiger partial charge is 0.254 e. The van der Waals surface area contributed by atoms with Crippen molar-refractivity contribution < 1.29 is 14.1 Å². The average molecular weight is 446 g/mol. The summed E-state index contributed by atoms with van der Waals surface area (Å²) >= 11 is 0. The number of aromatic nitrogens is 1. The van der Waals surface area contributed by atoms with Crippen molar-refractivity contribution in [2.24, 2.45) is 0 Å². The monoisotopic (exact) mass is 445 g/mol. The summed E-state index contributed by atoms with van der Waals surface area (Å²) in [6, 6.07) is 19.6. The number of carbonyl (C=O) groups excluding carboxylic acids is 1. The molecule has 0 spiro atoms. The molecule has 1 atom stereocenters. The van der Waals surface area contributed by atoms with Crippen molar-refractivity contribution in [2.45, 2.75) is 44.8 Å². The van der Waals surface area contributed by atoms with Crippen molar-refractivity contribution in [3.8, 4) is 11.3 Å². The van der Waals surface area contributed by atoms with E-state index in [1.807, 2.05) is 65.6 Å². The third-order valence-electron chi connectivity index (χ3n) is 6.56. The molecule has 2 saturated heterocycles. The molecule has 2 aliphatic rings. The van der Waals surface area contributed by atoms with E-state index in [0.717, 1.165) is 68.1 Å². The highest BCUT2D eigenvalue weighted by Gasteiger charge is 2.29. The Hall–Kier alpha value is -3.12. The maximum Gasteiger partial charge on any atom is 0.254 e. The first-order valence-electron chi connectivity index (χ1n) is 12.0. The fourth-order valence-corrected chi connectivity index (χ4v) is 4.82. The molecule has 3 aromatic rings. The van der Waals surface area contributed by atoms with Crippen LogP contribution in [0.5, 0.6) is 0 Å². The summed E-state index contributed by atoms with van der Waals surface area (Å²) in [4.78, 5) is 17.8. The molecule has 0 saturated carbocycles. The first-order chi connectivity index (χ1) is 16.3. The standard InChI is InChI=1S/C27H31N3O3/c31-26(22-13-6-2-7-14-22)30(19-23-15-10-18-32-23)20-24-25(21-11-4-1-5-12-21)28-33-27(24)29-16-8-3-9-17-29/h1-2,4-7,11-14,23H,3,8-10,15-20H2/t23-/m0/s1. The lowest BCUT2D eigenvalue weighted by Gasteiger charge is -2.29. The fraction of sp³-hybridized carbons (Fsp3) is 0.407. The molecule has 172 valence electrons. The van der Waals surface area contributed by atoms with Gasteiger partial charge >= 0.3 is 0 Å². The van der Waals surface area contributed by atoms with E-state index in [0.29, 0.717) is 18.7 Å². The number of amides is 1. The Kier molecular flexibility index (Phi) is 6.72. The predicted octanol–water partition coefficient (Wildman–Crippen LogP) is 5.15. The lowest BCUT2D eigenvalue weighted by Crippen LogP contribution is -2.38. The molecular formula is C27H31N3O3. The van der Waals surface area contributed by atoms with Gasteiger partial charge in [-0.2, -0.15) is 0 Å². The van der Waals surface area contributed by atoms with Crippen molar-refractivity contribution in [3.63, 3.8) is 0 Å². The molecule has 2 aliphatic heterocycles. The molecule has 2 fully saturated rings. The van der Waals surface area contributed by atoms with E-state index in [-0.39, 0.29) is 12.0 Å². The fourth-order valence-electron chi connectivity index (χ4n) is 4.82. The zero-order chi connectivity index (χ0) is 22.5. The van der Waals surface area contributed by atoms with Crippen molar-refractivity contribution in [1.29, 1.82) is 0 Å². The highest BCUT2D eigenvalue weighted by atomic mass is 16.5. The van der Waals surface area contributed by atoms with Gasteiger partial charge in [0.2, 0.25) is 5.88 Å². The summed E-state index contributed by atoms with van der Waals surface area (Å²) in [5, 5.41) is 4.49. The summed E-state index contributed by atoms with van der Waals surface area (Å²) in [5.41, 5.74) is 3.48. The van der Waals surface area contributed by atoms with Crippen molar-refractivity contribution in [2.75, 3.05) is 31.1 Å². The van der Waals surface area contributed by atoms with Gasteiger partial charge in [-0.15, -0.1) is 0 Å². The quantitative estimate of drug-likeness (QED) is 0.503. The highest BCUT2D eigenvalue weighted by molar-refractivity contribution is 5.94. The van der Waals surface area contributed by atoms with Gasteiger partial charge < -0.3 is 19.1 Å². The molecule has 6 nitrogen and oxygen atoms in total. The Morgan fingerprint density at radius 2 is 1.70 bits per heavy atom. The van der Waals surface area contributed by atoms with Crippen LogP contribution in [0.4, 0.5) is 5.88 Å². The van der Waals surface area contributed by atoms with Crippen LogP contribution >= 0.6 is 0 Å². The van der Waals surface area contributed by atoms with Gasteiger partial charge in [0.1, 0.15) is 5.69 Å². The lowest BCUT2D eigenvalue weighted by atomic mass is 10.0. The number of ether oxygens (including phenoxy) is 1. The van der Waals surface area contributed by atoms with Gasteiger partial charge in [0.15, 0.2) is 0 Å². The van der Waals surface area contributed by atoms with E-state index in [4.69, 9.17) is 9.26 Å². The number of carbonyl (C=O) groups is 1. The molecule has 3 heterocycles. The second-order valence-electron chi connectivity index (χ2n) is 8.92. The van der Waals surface area contributed by atoms with E-state index in [2.05, 4.69) is 10.1 Å². The van der Waals surface area contributed by atoms with E-state index in [9.17, 15) is 4.79 Å². The largest absolute Gasteiger partial charge is 0.376 e. The Morgan fingerprint density at radius 1 is 0.970 bits per heavy atom. The number of hydrogen-bond acceptors (Lipinski definition) is 5.